The summed E-state index contributed by atoms with van der Waals surface area (Å²) < 4.78 is 38.2. The second kappa shape index (κ2) is 4.41. The van der Waals surface area contributed by atoms with E-state index in [1.807, 2.05) is 0 Å². The van der Waals surface area contributed by atoms with Crippen LogP contribution in [-0.2, 0) is 6.18 Å². The summed E-state index contributed by atoms with van der Waals surface area (Å²) in [5.41, 5.74) is 5.52. The quantitative estimate of drug-likeness (QED) is 0.897. The molecule has 2 aromatic heterocycles. The van der Waals surface area contributed by atoms with Gasteiger partial charge in [0, 0.05) is 18.4 Å². The van der Waals surface area contributed by atoms with Crippen molar-refractivity contribution < 1.29 is 13.2 Å². The fourth-order valence-corrected chi connectivity index (χ4v) is 1.41. The van der Waals surface area contributed by atoms with Crippen LogP contribution in [0.1, 0.15) is 24.2 Å². The summed E-state index contributed by atoms with van der Waals surface area (Å²) in [6.07, 6.45) is -1.71. The Hall–Kier alpha value is -1.89. The van der Waals surface area contributed by atoms with E-state index in [2.05, 4.69) is 10.1 Å². The highest BCUT2D eigenvalue weighted by Crippen LogP contribution is 2.27. The molecule has 2 rings (SSSR count). The number of nitrogens with two attached hydrogens (primary N) is 1. The van der Waals surface area contributed by atoms with E-state index in [1.54, 1.807) is 19.1 Å². The molecule has 0 saturated carbocycles. The molecule has 2 heterocycles. The third-order valence-electron chi connectivity index (χ3n) is 2.41. The Balaban J connectivity index is 2.29. The summed E-state index contributed by atoms with van der Waals surface area (Å²) in [4.78, 5) is 4.02. The van der Waals surface area contributed by atoms with E-state index in [0.717, 1.165) is 16.3 Å². The van der Waals surface area contributed by atoms with E-state index in [0.29, 0.717) is 5.82 Å². The predicted octanol–water partition coefficient (Wildman–Crippen LogP) is 2.31. The SMILES string of the molecule is C[C@H](N)c1ccc(-n2ccc(C(F)(F)F)n2)nc1. The zero-order valence-electron chi connectivity index (χ0n) is 9.52. The normalized spacial score (nSPS) is 13.6. The minimum absolute atomic E-state index is 0.171. The van der Waals surface area contributed by atoms with Crippen molar-refractivity contribution in [2.45, 2.75) is 19.1 Å². The van der Waals surface area contributed by atoms with Gasteiger partial charge in [0.15, 0.2) is 11.5 Å². The third-order valence-corrected chi connectivity index (χ3v) is 2.41. The summed E-state index contributed by atoms with van der Waals surface area (Å²) in [6.45, 7) is 1.80. The van der Waals surface area contributed by atoms with Crippen molar-refractivity contribution in [1.29, 1.82) is 0 Å². The molecule has 0 amide bonds. The van der Waals surface area contributed by atoms with Gasteiger partial charge in [0.05, 0.1) is 0 Å². The number of alkyl halides is 3. The summed E-state index contributed by atoms with van der Waals surface area (Å²) in [6, 6.07) is 4.02. The number of halogens is 3. The van der Waals surface area contributed by atoms with Gasteiger partial charge in [0.1, 0.15) is 0 Å². The Bertz CT molecular complexity index is 528. The lowest BCUT2D eigenvalue weighted by molar-refractivity contribution is -0.141. The maximum absolute atomic E-state index is 12.4. The molecule has 96 valence electrons. The number of hydrogen-bond donors (Lipinski definition) is 1. The Kier molecular flexibility index (Phi) is 3.08. The molecule has 0 saturated heterocycles. The van der Waals surface area contributed by atoms with Crippen molar-refractivity contribution in [2.75, 3.05) is 0 Å². The average molecular weight is 256 g/mol. The maximum atomic E-state index is 12.4. The van der Waals surface area contributed by atoms with Crippen molar-refractivity contribution in [3.05, 3.63) is 41.9 Å². The summed E-state index contributed by atoms with van der Waals surface area (Å²) in [7, 11) is 0. The van der Waals surface area contributed by atoms with Crippen LogP contribution in [0.2, 0.25) is 0 Å². The highest BCUT2D eigenvalue weighted by Gasteiger charge is 2.33. The van der Waals surface area contributed by atoms with Gasteiger partial charge in [-0.05, 0) is 24.6 Å². The number of rotatable bonds is 2. The first-order valence-electron chi connectivity index (χ1n) is 5.22. The van der Waals surface area contributed by atoms with Crippen LogP contribution >= 0.6 is 0 Å². The van der Waals surface area contributed by atoms with E-state index >= 15 is 0 Å². The molecule has 7 heteroatoms. The molecule has 0 unspecified atom stereocenters. The van der Waals surface area contributed by atoms with Gasteiger partial charge in [0.2, 0.25) is 0 Å². The lowest BCUT2D eigenvalue weighted by Crippen LogP contribution is -2.09. The van der Waals surface area contributed by atoms with Crippen LogP contribution in [0.25, 0.3) is 5.82 Å². The van der Waals surface area contributed by atoms with Crippen molar-refractivity contribution in [3.8, 4) is 5.82 Å². The van der Waals surface area contributed by atoms with Crippen molar-refractivity contribution in [1.82, 2.24) is 14.8 Å². The molecule has 18 heavy (non-hydrogen) atoms. The molecule has 0 radical (unpaired) electrons. The molecule has 2 N–H and O–H groups in total. The summed E-state index contributed by atoms with van der Waals surface area (Å²) in [5.74, 6) is 0.315. The Morgan fingerprint density at radius 3 is 2.44 bits per heavy atom. The average Bonchev–Trinajstić information content (AvgIpc) is 2.78. The van der Waals surface area contributed by atoms with Crippen LogP contribution in [0.5, 0.6) is 0 Å². The van der Waals surface area contributed by atoms with Gasteiger partial charge >= 0.3 is 6.18 Å². The minimum atomic E-state index is -4.45. The largest absolute Gasteiger partial charge is 0.435 e. The molecule has 4 nitrogen and oxygen atoms in total. The molecule has 0 aliphatic heterocycles. The van der Waals surface area contributed by atoms with Gasteiger partial charge in [-0.25, -0.2) is 9.67 Å². The fourth-order valence-electron chi connectivity index (χ4n) is 1.41. The second-order valence-electron chi connectivity index (χ2n) is 3.88. The molecule has 0 fully saturated rings. The van der Waals surface area contributed by atoms with Crippen molar-refractivity contribution in [2.24, 2.45) is 5.73 Å². The van der Waals surface area contributed by atoms with Crippen LogP contribution in [0.15, 0.2) is 30.6 Å². The van der Waals surface area contributed by atoms with E-state index in [-0.39, 0.29) is 6.04 Å². The number of hydrogen-bond acceptors (Lipinski definition) is 3. The number of aromatic nitrogens is 3. The molecule has 0 spiro atoms. The lowest BCUT2D eigenvalue weighted by atomic mass is 10.2. The van der Waals surface area contributed by atoms with Crippen LogP contribution in [0, 0.1) is 0 Å². The molecular formula is C11H11F3N4. The van der Waals surface area contributed by atoms with Gasteiger partial charge < -0.3 is 5.73 Å². The van der Waals surface area contributed by atoms with Crippen LogP contribution in [0.3, 0.4) is 0 Å². The minimum Gasteiger partial charge on any atom is -0.324 e. The number of nitrogens with zero attached hydrogens (tertiary/aromatic N) is 3. The lowest BCUT2D eigenvalue weighted by Gasteiger charge is -2.06. The van der Waals surface area contributed by atoms with Gasteiger partial charge in [0.25, 0.3) is 0 Å². The molecule has 1 atom stereocenters. The predicted molar refractivity (Wildman–Crippen MR) is 59.0 cm³/mol. The molecule has 0 aromatic carbocycles. The Morgan fingerprint density at radius 2 is 2.00 bits per heavy atom. The zero-order chi connectivity index (χ0) is 13.3. The molecule has 0 bridgehead atoms. The molecule has 0 aliphatic carbocycles. The Labute approximate surface area is 101 Å². The number of pyridine rings is 1. The molecule has 0 aliphatic rings. The smallest absolute Gasteiger partial charge is 0.324 e. The van der Waals surface area contributed by atoms with Crippen LogP contribution < -0.4 is 5.73 Å². The topological polar surface area (TPSA) is 56.7 Å². The summed E-state index contributed by atoms with van der Waals surface area (Å²) >= 11 is 0. The summed E-state index contributed by atoms with van der Waals surface area (Å²) in [5, 5.41) is 3.42. The fraction of sp³-hybridized carbons (Fsp3) is 0.273. The second-order valence-corrected chi connectivity index (χ2v) is 3.88. The van der Waals surface area contributed by atoms with Crippen molar-refractivity contribution in [3.63, 3.8) is 0 Å². The molecule has 2 aromatic rings. The van der Waals surface area contributed by atoms with E-state index in [9.17, 15) is 13.2 Å². The monoisotopic (exact) mass is 256 g/mol. The standard InChI is InChI=1S/C11H11F3N4/c1-7(15)8-2-3-10(16-6-8)18-5-4-9(17-18)11(12,13)14/h2-7H,15H2,1H3/t7-/m0/s1. The third kappa shape index (κ3) is 2.51. The first-order chi connectivity index (χ1) is 8.38. The maximum Gasteiger partial charge on any atom is 0.435 e. The van der Waals surface area contributed by atoms with E-state index in [4.69, 9.17) is 5.73 Å². The van der Waals surface area contributed by atoms with E-state index in [1.165, 1.54) is 12.4 Å². The molecular weight excluding hydrogens is 245 g/mol. The Morgan fingerprint density at radius 1 is 1.28 bits per heavy atom. The van der Waals surface area contributed by atoms with E-state index < -0.39 is 11.9 Å². The first-order valence-corrected chi connectivity index (χ1v) is 5.22. The highest BCUT2D eigenvalue weighted by molar-refractivity contribution is 5.26. The zero-order valence-corrected chi connectivity index (χ0v) is 9.52. The van der Waals surface area contributed by atoms with Crippen LogP contribution in [-0.4, -0.2) is 14.8 Å². The van der Waals surface area contributed by atoms with Gasteiger partial charge in [-0.15, -0.1) is 0 Å². The highest BCUT2D eigenvalue weighted by atomic mass is 19.4. The first kappa shape index (κ1) is 12.6. The van der Waals surface area contributed by atoms with Crippen molar-refractivity contribution >= 4 is 0 Å². The van der Waals surface area contributed by atoms with Gasteiger partial charge in [-0.2, -0.15) is 18.3 Å². The van der Waals surface area contributed by atoms with Gasteiger partial charge in [-0.3, -0.25) is 0 Å². The van der Waals surface area contributed by atoms with Gasteiger partial charge in [-0.1, -0.05) is 6.07 Å². The van der Waals surface area contributed by atoms with Crippen LogP contribution in [0.4, 0.5) is 13.2 Å².